The highest BCUT2D eigenvalue weighted by atomic mass is 32.1. The fraction of sp³-hybridized carbons (Fsp3) is 0.364. The van der Waals surface area contributed by atoms with Crippen LogP contribution >= 0.6 is 12.6 Å². The second kappa shape index (κ2) is 5.75. The van der Waals surface area contributed by atoms with Gasteiger partial charge in [-0.2, -0.15) is 0 Å². The maximum atomic E-state index is 12.9. The van der Waals surface area contributed by atoms with E-state index in [1.165, 1.54) is 18.2 Å². The zero-order chi connectivity index (χ0) is 11.3. The largest absolute Gasteiger partial charge is 0.352 e. The van der Waals surface area contributed by atoms with Crippen LogP contribution in [0, 0.1) is 5.82 Å². The Hall–Kier alpha value is -1.03. The normalized spacial score (nSPS) is 10.1. The van der Waals surface area contributed by atoms with E-state index in [2.05, 4.69) is 24.9 Å². The molecule has 0 saturated carbocycles. The first-order valence-corrected chi connectivity index (χ1v) is 5.36. The summed E-state index contributed by atoms with van der Waals surface area (Å²) >= 11 is 3.92. The van der Waals surface area contributed by atoms with Gasteiger partial charge in [-0.15, -0.1) is 12.6 Å². The lowest BCUT2D eigenvalue weighted by atomic mass is 10.2. The van der Waals surface area contributed by atoms with E-state index in [9.17, 15) is 9.18 Å². The van der Waals surface area contributed by atoms with E-state index in [0.717, 1.165) is 12.8 Å². The van der Waals surface area contributed by atoms with Gasteiger partial charge in [0.25, 0.3) is 5.91 Å². The second-order valence-corrected chi connectivity index (χ2v) is 3.76. The van der Waals surface area contributed by atoms with Gasteiger partial charge in [-0.05, 0) is 24.6 Å². The molecule has 0 unspecified atom stereocenters. The Morgan fingerprint density at radius 3 is 2.87 bits per heavy atom. The molecule has 1 N–H and O–H groups in total. The fourth-order valence-corrected chi connectivity index (χ4v) is 1.35. The van der Waals surface area contributed by atoms with Crippen molar-refractivity contribution in [2.45, 2.75) is 24.7 Å². The summed E-state index contributed by atoms with van der Waals surface area (Å²) in [7, 11) is 0. The Balaban J connectivity index is 2.62. The van der Waals surface area contributed by atoms with Gasteiger partial charge in [-0.25, -0.2) is 4.39 Å². The maximum Gasteiger partial charge on any atom is 0.251 e. The van der Waals surface area contributed by atoms with Crippen LogP contribution in [0.4, 0.5) is 4.39 Å². The smallest absolute Gasteiger partial charge is 0.251 e. The van der Waals surface area contributed by atoms with E-state index in [4.69, 9.17) is 0 Å². The van der Waals surface area contributed by atoms with Gasteiger partial charge in [0.1, 0.15) is 5.82 Å². The highest BCUT2D eigenvalue weighted by Crippen LogP contribution is 2.13. The number of unbranched alkanes of at least 4 members (excludes halogenated alkanes) is 1. The van der Waals surface area contributed by atoms with E-state index in [0.29, 0.717) is 12.1 Å². The number of hydrogen-bond acceptors (Lipinski definition) is 2. The molecular formula is C11H14FNOS. The number of nitrogens with one attached hydrogen (secondary N) is 1. The third-order valence-corrected chi connectivity index (χ3v) is 2.37. The van der Waals surface area contributed by atoms with Crippen LogP contribution in [0.3, 0.4) is 0 Å². The average Bonchev–Trinajstić information content (AvgIpc) is 2.22. The minimum absolute atomic E-state index is 0.182. The van der Waals surface area contributed by atoms with Crippen molar-refractivity contribution in [3.63, 3.8) is 0 Å². The molecule has 1 aromatic rings. The molecule has 0 radical (unpaired) electrons. The van der Waals surface area contributed by atoms with Gasteiger partial charge in [0, 0.05) is 17.0 Å². The van der Waals surface area contributed by atoms with Crippen LogP contribution in [0.1, 0.15) is 30.1 Å². The molecule has 0 aliphatic carbocycles. The molecule has 15 heavy (non-hydrogen) atoms. The quantitative estimate of drug-likeness (QED) is 0.601. The molecule has 0 atom stereocenters. The van der Waals surface area contributed by atoms with Gasteiger partial charge in [0.2, 0.25) is 0 Å². The molecular weight excluding hydrogens is 213 g/mol. The Kier molecular flexibility index (Phi) is 4.62. The molecule has 2 nitrogen and oxygen atoms in total. The van der Waals surface area contributed by atoms with Crippen LogP contribution in [-0.4, -0.2) is 12.5 Å². The number of amides is 1. The summed E-state index contributed by atoms with van der Waals surface area (Å²) in [5.41, 5.74) is 0.442. The van der Waals surface area contributed by atoms with E-state index >= 15 is 0 Å². The standard InChI is InChI=1S/C11H14FNOS/c1-2-3-6-13-11(14)8-4-5-9(12)10(15)7-8/h4-5,7,15H,2-3,6H2,1H3,(H,13,14). The van der Waals surface area contributed by atoms with Crippen molar-refractivity contribution in [2.24, 2.45) is 0 Å². The van der Waals surface area contributed by atoms with Crippen LogP contribution in [0.2, 0.25) is 0 Å². The predicted octanol–water partition coefficient (Wildman–Crippen LogP) is 2.64. The van der Waals surface area contributed by atoms with Crippen molar-refractivity contribution >= 4 is 18.5 Å². The highest BCUT2D eigenvalue weighted by molar-refractivity contribution is 7.80. The zero-order valence-electron chi connectivity index (χ0n) is 8.59. The minimum atomic E-state index is -0.413. The van der Waals surface area contributed by atoms with Gasteiger partial charge in [-0.3, -0.25) is 4.79 Å². The molecule has 1 amide bonds. The van der Waals surface area contributed by atoms with Gasteiger partial charge in [0.05, 0.1) is 0 Å². The molecule has 0 aliphatic heterocycles. The number of carbonyl (C=O) groups is 1. The molecule has 0 aliphatic rings. The van der Waals surface area contributed by atoms with Gasteiger partial charge in [-0.1, -0.05) is 13.3 Å². The Morgan fingerprint density at radius 2 is 2.27 bits per heavy atom. The van der Waals surface area contributed by atoms with E-state index in [1.807, 2.05) is 0 Å². The van der Waals surface area contributed by atoms with Crippen molar-refractivity contribution in [2.75, 3.05) is 6.54 Å². The van der Waals surface area contributed by atoms with Crippen molar-refractivity contribution in [1.82, 2.24) is 5.32 Å². The number of thiol groups is 1. The van der Waals surface area contributed by atoms with Gasteiger partial charge < -0.3 is 5.32 Å². The number of hydrogen-bond donors (Lipinski definition) is 2. The van der Waals surface area contributed by atoms with Crippen LogP contribution in [0.5, 0.6) is 0 Å². The van der Waals surface area contributed by atoms with Crippen LogP contribution in [0.25, 0.3) is 0 Å². The minimum Gasteiger partial charge on any atom is -0.352 e. The summed E-state index contributed by atoms with van der Waals surface area (Å²) in [5, 5.41) is 2.75. The monoisotopic (exact) mass is 227 g/mol. The fourth-order valence-electron chi connectivity index (χ4n) is 1.13. The molecule has 0 aromatic heterocycles. The average molecular weight is 227 g/mol. The molecule has 1 aromatic carbocycles. The first kappa shape index (κ1) is 12.0. The topological polar surface area (TPSA) is 29.1 Å². The highest BCUT2D eigenvalue weighted by Gasteiger charge is 2.06. The van der Waals surface area contributed by atoms with E-state index in [1.54, 1.807) is 0 Å². The molecule has 0 heterocycles. The Labute approximate surface area is 94.3 Å². The van der Waals surface area contributed by atoms with Crippen molar-refractivity contribution in [3.8, 4) is 0 Å². The third kappa shape index (κ3) is 3.55. The predicted molar refractivity (Wildman–Crippen MR) is 60.9 cm³/mol. The molecule has 82 valence electrons. The Morgan fingerprint density at radius 1 is 1.53 bits per heavy atom. The first-order valence-electron chi connectivity index (χ1n) is 4.92. The van der Waals surface area contributed by atoms with Crippen molar-refractivity contribution < 1.29 is 9.18 Å². The van der Waals surface area contributed by atoms with Crippen LogP contribution in [-0.2, 0) is 0 Å². The van der Waals surface area contributed by atoms with Gasteiger partial charge >= 0.3 is 0 Å². The molecule has 0 bridgehead atoms. The number of halogens is 1. The van der Waals surface area contributed by atoms with E-state index < -0.39 is 5.82 Å². The Bertz CT molecular complexity index is 354. The summed E-state index contributed by atoms with van der Waals surface area (Å²) in [5.74, 6) is -0.595. The lowest BCUT2D eigenvalue weighted by Crippen LogP contribution is -2.24. The molecule has 0 saturated heterocycles. The number of benzene rings is 1. The first-order chi connectivity index (χ1) is 7.15. The third-order valence-electron chi connectivity index (χ3n) is 2.02. The van der Waals surface area contributed by atoms with Crippen molar-refractivity contribution in [3.05, 3.63) is 29.6 Å². The number of rotatable bonds is 4. The summed E-state index contributed by atoms with van der Waals surface area (Å²) < 4.78 is 12.9. The van der Waals surface area contributed by atoms with Crippen molar-refractivity contribution in [1.29, 1.82) is 0 Å². The molecule has 4 heteroatoms. The van der Waals surface area contributed by atoms with Crippen LogP contribution < -0.4 is 5.32 Å². The summed E-state index contributed by atoms with van der Waals surface area (Å²) in [6.07, 6.45) is 1.97. The molecule has 1 rings (SSSR count). The zero-order valence-corrected chi connectivity index (χ0v) is 9.48. The summed E-state index contributed by atoms with van der Waals surface area (Å²) in [6, 6.07) is 4.13. The van der Waals surface area contributed by atoms with E-state index in [-0.39, 0.29) is 10.8 Å². The number of carbonyl (C=O) groups excluding carboxylic acids is 1. The molecule has 0 fully saturated rings. The maximum absolute atomic E-state index is 12.9. The van der Waals surface area contributed by atoms with Gasteiger partial charge in [0.15, 0.2) is 0 Å². The summed E-state index contributed by atoms with van der Waals surface area (Å²) in [4.78, 5) is 11.7. The summed E-state index contributed by atoms with van der Waals surface area (Å²) in [6.45, 7) is 2.70. The lowest BCUT2D eigenvalue weighted by molar-refractivity contribution is 0.0953. The second-order valence-electron chi connectivity index (χ2n) is 3.28. The lowest BCUT2D eigenvalue weighted by Gasteiger charge is -2.04. The molecule has 0 spiro atoms. The SMILES string of the molecule is CCCCNC(=O)c1ccc(F)c(S)c1. The van der Waals surface area contributed by atoms with Crippen LogP contribution in [0.15, 0.2) is 23.1 Å².